The second-order valence-corrected chi connectivity index (χ2v) is 5.68. The second-order valence-electron chi connectivity index (χ2n) is 5.68. The minimum Gasteiger partial charge on any atom is -0.495 e. The number of imide groups is 2. The number of hydrogen-bond acceptors (Lipinski definition) is 5. The summed E-state index contributed by atoms with van der Waals surface area (Å²) in [6, 6.07) is 13.1. The van der Waals surface area contributed by atoms with E-state index in [-0.39, 0.29) is 5.69 Å². The van der Waals surface area contributed by atoms with Gasteiger partial charge in [0.2, 0.25) is 5.91 Å². The molecule has 7 heteroatoms. The number of anilines is 1. The van der Waals surface area contributed by atoms with Crippen LogP contribution < -0.4 is 15.0 Å². The Morgan fingerprint density at radius 2 is 1.77 bits per heavy atom. The molecule has 1 fully saturated rings. The fraction of sp³-hybridized carbons (Fsp3) is 0.158. The molecule has 2 aromatic rings. The standard InChI is InChI=1S/C19H17N3O4/c1-12-7-3-4-8-14(12)20-11-13-17(23)21-19(25)22(18(13)24)15-9-5-6-10-16(15)26-2/h3-11,13H,1-2H3,(H,21,23,25)/t13-/m0/s1. The molecule has 0 spiro atoms. The summed E-state index contributed by atoms with van der Waals surface area (Å²) < 4.78 is 5.21. The number of benzene rings is 2. The third-order valence-corrected chi connectivity index (χ3v) is 4.01. The quantitative estimate of drug-likeness (QED) is 0.677. The number of carbonyl (C=O) groups excluding carboxylic acids is 3. The Hall–Kier alpha value is -3.48. The molecule has 0 aromatic heterocycles. The molecule has 0 unspecified atom stereocenters. The predicted octanol–water partition coefficient (Wildman–Crippen LogP) is 2.61. The molecule has 0 radical (unpaired) electrons. The SMILES string of the molecule is COc1ccccc1N1C(=O)NC(=O)[C@H](C=Nc2ccccc2C)C1=O. The number of para-hydroxylation sites is 3. The first-order valence-corrected chi connectivity index (χ1v) is 7.94. The van der Waals surface area contributed by atoms with Gasteiger partial charge in [0, 0.05) is 6.21 Å². The first kappa shape index (κ1) is 17.3. The van der Waals surface area contributed by atoms with Crippen LogP contribution in [0.1, 0.15) is 5.56 Å². The molecule has 1 atom stereocenters. The van der Waals surface area contributed by atoms with Crippen molar-refractivity contribution in [3.63, 3.8) is 0 Å². The molecule has 1 saturated heterocycles. The maximum atomic E-state index is 12.8. The molecular formula is C19H17N3O4. The van der Waals surface area contributed by atoms with E-state index in [2.05, 4.69) is 10.3 Å². The van der Waals surface area contributed by atoms with Crippen LogP contribution in [-0.4, -0.2) is 31.2 Å². The van der Waals surface area contributed by atoms with Crippen molar-refractivity contribution in [2.75, 3.05) is 12.0 Å². The molecule has 132 valence electrons. The molecule has 4 amide bonds. The van der Waals surface area contributed by atoms with Crippen LogP contribution in [0.25, 0.3) is 0 Å². The summed E-state index contributed by atoms with van der Waals surface area (Å²) in [6.45, 7) is 1.88. The molecule has 1 N–H and O–H groups in total. The van der Waals surface area contributed by atoms with Crippen LogP contribution in [0.2, 0.25) is 0 Å². The van der Waals surface area contributed by atoms with Crippen LogP contribution in [0.15, 0.2) is 53.5 Å². The Morgan fingerprint density at radius 1 is 1.08 bits per heavy atom. The van der Waals surface area contributed by atoms with Crippen molar-refractivity contribution in [2.24, 2.45) is 10.9 Å². The first-order valence-electron chi connectivity index (χ1n) is 7.94. The minimum atomic E-state index is -1.21. The number of barbiturate groups is 1. The number of carbonyl (C=O) groups is 3. The van der Waals surface area contributed by atoms with Crippen molar-refractivity contribution in [3.8, 4) is 5.75 Å². The molecule has 1 aliphatic rings. The highest BCUT2D eigenvalue weighted by Crippen LogP contribution is 2.30. The third kappa shape index (κ3) is 3.19. The van der Waals surface area contributed by atoms with Gasteiger partial charge in [-0.05, 0) is 30.7 Å². The summed E-state index contributed by atoms with van der Waals surface area (Å²) >= 11 is 0. The zero-order chi connectivity index (χ0) is 18.7. The number of rotatable bonds is 4. The highest BCUT2D eigenvalue weighted by Gasteiger charge is 2.41. The van der Waals surface area contributed by atoms with E-state index in [1.54, 1.807) is 30.3 Å². The molecule has 26 heavy (non-hydrogen) atoms. The normalized spacial score (nSPS) is 17.5. The summed E-state index contributed by atoms with van der Waals surface area (Å²) in [7, 11) is 1.44. The molecule has 2 aromatic carbocycles. The molecule has 7 nitrogen and oxygen atoms in total. The number of aryl methyl sites for hydroxylation is 1. The Bertz CT molecular complexity index is 907. The molecular weight excluding hydrogens is 334 g/mol. The average molecular weight is 351 g/mol. The van der Waals surface area contributed by atoms with Gasteiger partial charge in [-0.1, -0.05) is 30.3 Å². The van der Waals surface area contributed by atoms with Crippen molar-refractivity contribution in [2.45, 2.75) is 6.92 Å². The minimum absolute atomic E-state index is 0.263. The Balaban J connectivity index is 1.95. The summed E-state index contributed by atoms with van der Waals surface area (Å²) in [4.78, 5) is 42.3. The van der Waals surface area contributed by atoms with Gasteiger partial charge >= 0.3 is 6.03 Å². The van der Waals surface area contributed by atoms with E-state index >= 15 is 0 Å². The van der Waals surface area contributed by atoms with Crippen LogP contribution in [0.4, 0.5) is 16.2 Å². The van der Waals surface area contributed by atoms with Crippen molar-refractivity contribution < 1.29 is 19.1 Å². The van der Waals surface area contributed by atoms with Gasteiger partial charge in [0.25, 0.3) is 5.91 Å². The molecule has 0 aliphatic carbocycles. The van der Waals surface area contributed by atoms with Crippen LogP contribution in [0.5, 0.6) is 5.75 Å². The third-order valence-electron chi connectivity index (χ3n) is 4.01. The van der Waals surface area contributed by atoms with E-state index in [0.29, 0.717) is 11.4 Å². The average Bonchev–Trinajstić information content (AvgIpc) is 2.63. The van der Waals surface area contributed by atoms with Gasteiger partial charge in [0.15, 0.2) is 5.92 Å². The lowest BCUT2D eigenvalue weighted by atomic mass is 10.1. The number of hydrogen-bond donors (Lipinski definition) is 1. The molecule has 0 bridgehead atoms. The highest BCUT2D eigenvalue weighted by atomic mass is 16.5. The van der Waals surface area contributed by atoms with E-state index in [1.165, 1.54) is 13.3 Å². The summed E-state index contributed by atoms with van der Waals surface area (Å²) in [5, 5.41) is 2.19. The van der Waals surface area contributed by atoms with Gasteiger partial charge in [-0.3, -0.25) is 19.9 Å². The van der Waals surface area contributed by atoms with Gasteiger partial charge in [-0.2, -0.15) is 0 Å². The number of amides is 4. The Labute approximate surface area is 150 Å². The fourth-order valence-electron chi connectivity index (χ4n) is 2.63. The van der Waals surface area contributed by atoms with Crippen LogP contribution in [0, 0.1) is 12.8 Å². The van der Waals surface area contributed by atoms with Gasteiger partial charge in [0.1, 0.15) is 5.75 Å². The number of urea groups is 1. The zero-order valence-corrected chi connectivity index (χ0v) is 14.3. The van der Waals surface area contributed by atoms with Gasteiger partial charge in [-0.15, -0.1) is 0 Å². The summed E-state index contributed by atoms with van der Waals surface area (Å²) in [6.07, 6.45) is 1.26. The molecule has 1 aliphatic heterocycles. The van der Waals surface area contributed by atoms with E-state index in [9.17, 15) is 14.4 Å². The Kier molecular flexibility index (Phi) is 4.79. The van der Waals surface area contributed by atoms with Gasteiger partial charge < -0.3 is 4.74 Å². The number of methoxy groups -OCH3 is 1. The van der Waals surface area contributed by atoms with E-state index < -0.39 is 23.8 Å². The number of nitrogens with one attached hydrogen (secondary N) is 1. The van der Waals surface area contributed by atoms with E-state index in [4.69, 9.17) is 4.74 Å². The number of ether oxygens (including phenoxy) is 1. The Morgan fingerprint density at radius 3 is 2.50 bits per heavy atom. The first-order chi connectivity index (χ1) is 12.5. The molecule has 0 saturated carbocycles. The molecule has 3 rings (SSSR count). The lowest BCUT2D eigenvalue weighted by Crippen LogP contribution is -2.58. The summed E-state index contributed by atoms with van der Waals surface area (Å²) in [5.41, 5.74) is 1.82. The zero-order valence-electron chi connectivity index (χ0n) is 14.3. The van der Waals surface area contributed by atoms with E-state index in [1.807, 2.05) is 25.1 Å². The monoisotopic (exact) mass is 351 g/mol. The lowest BCUT2D eigenvalue weighted by Gasteiger charge is -2.29. The van der Waals surface area contributed by atoms with Crippen molar-refractivity contribution in [1.29, 1.82) is 0 Å². The van der Waals surface area contributed by atoms with Crippen molar-refractivity contribution in [1.82, 2.24) is 5.32 Å². The number of aliphatic imine (C=N–C) groups is 1. The predicted molar refractivity (Wildman–Crippen MR) is 96.8 cm³/mol. The summed E-state index contributed by atoms with van der Waals surface area (Å²) in [5.74, 6) is -2.25. The van der Waals surface area contributed by atoms with Crippen molar-refractivity contribution in [3.05, 3.63) is 54.1 Å². The maximum Gasteiger partial charge on any atom is 0.335 e. The topological polar surface area (TPSA) is 88.1 Å². The van der Waals surface area contributed by atoms with Crippen LogP contribution >= 0.6 is 0 Å². The van der Waals surface area contributed by atoms with Crippen LogP contribution in [-0.2, 0) is 9.59 Å². The van der Waals surface area contributed by atoms with E-state index in [0.717, 1.165) is 10.5 Å². The smallest absolute Gasteiger partial charge is 0.335 e. The molecule has 1 heterocycles. The second kappa shape index (κ2) is 7.18. The maximum absolute atomic E-state index is 12.8. The fourth-order valence-corrected chi connectivity index (χ4v) is 2.63. The van der Waals surface area contributed by atoms with Crippen LogP contribution in [0.3, 0.4) is 0 Å². The number of nitrogens with zero attached hydrogens (tertiary/aromatic N) is 2. The van der Waals surface area contributed by atoms with Crippen molar-refractivity contribution >= 4 is 35.4 Å². The highest BCUT2D eigenvalue weighted by molar-refractivity contribution is 6.33. The van der Waals surface area contributed by atoms with Gasteiger partial charge in [-0.25, -0.2) is 9.69 Å². The lowest BCUT2D eigenvalue weighted by molar-refractivity contribution is -0.131. The van der Waals surface area contributed by atoms with Gasteiger partial charge in [0.05, 0.1) is 18.5 Å². The largest absolute Gasteiger partial charge is 0.495 e.